The zero-order chi connectivity index (χ0) is 25.2. The number of carbonyl (C=O) groups is 1. The van der Waals surface area contributed by atoms with Gasteiger partial charge in [0.25, 0.3) is 15.9 Å². The largest absolute Gasteiger partial charge is 0.493 e. The highest BCUT2D eigenvalue weighted by atomic mass is 32.2. The quantitative estimate of drug-likeness (QED) is 0.534. The number of aryl methyl sites for hydroxylation is 1. The first-order valence-electron chi connectivity index (χ1n) is 11.1. The number of nitrogens with zero attached hydrogens (tertiary/aromatic N) is 1. The summed E-state index contributed by atoms with van der Waals surface area (Å²) in [5, 5.41) is 2.92. The summed E-state index contributed by atoms with van der Waals surface area (Å²) >= 11 is 0. The molecule has 0 unspecified atom stereocenters. The molecule has 2 atom stereocenters. The molecular weight excluding hydrogens is 468 g/mol. The monoisotopic (exact) mass is 496 g/mol. The highest BCUT2D eigenvalue weighted by Crippen LogP contribution is 2.37. The van der Waals surface area contributed by atoms with E-state index in [-0.39, 0.29) is 17.5 Å². The number of rotatable bonds is 7. The van der Waals surface area contributed by atoms with E-state index in [0.717, 1.165) is 11.1 Å². The molecule has 1 heterocycles. The Morgan fingerprint density at radius 3 is 2.40 bits per heavy atom. The summed E-state index contributed by atoms with van der Waals surface area (Å²) < 4.78 is 44.8. The van der Waals surface area contributed by atoms with Crippen LogP contribution in [0.1, 0.15) is 24.1 Å². The van der Waals surface area contributed by atoms with Crippen molar-refractivity contribution in [1.82, 2.24) is 5.32 Å². The van der Waals surface area contributed by atoms with Gasteiger partial charge in [0, 0.05) is 0 Å². The lowest BCUT2D eigenvalue weighted by Crippen LogP contribution is -2.51. The van der Waals surface area contributed by atoms with Crippen molar-refractivity contribution < 1.29 is 27.4 Å². The standard InChI is InChI=1S/C26H28N2O6S/c1-17-9-12-20(13-10-17)35(30,31)28-16-25(34-22-8-6-5-7-21(22)28)26(29)27-18(2)19-11-14-23(32-3)24(15-19)33-4/h5-15,18,25H,16H2,1-4H3,(H,27,29)/t18-,25+/m1/s1. The third kappa shape index (κ3) is 4.90. The van der Waals surface area contributed by atoms with Gasteiger partial charge in [-0.3, -0.25) is 9.10 Å². The van der Waals surface area contributed by atoms with E-state index in [2.05, 4.69) is 5.32 Å². The fourth-order valence-electron chi connectivity index (χ4n) is 3.92. The summed E-state index contributed by atoms with van der Waals surface area (Å²) in [4.78, 5) is 13.4. The topological polar surface area (TPSA) is 94.2 Å². The predicted octanol–water partition coefficient (Wildman–Crippen LogP) is 3.85. The van der Waals surface area contributed by atoms with Crippen molar-refractivity contribution in [3.63, 3.8) is 0 Å². The van der Waals surface area contributed by atoms with Crippen LogP contribution in [0.15, 0.2) is 71.6 Å². The van der Waals surface area contributed by atoms with E-state index < -0.39 is 22.0 Å². The number of amides is 1. The minimum atomic E-state index is -3.91. The van der Waals surface area contributed by atoms with E-state index in [4.69, 9.17) is 14.2 Å². The molecule has 8 nitrogen and oxygen atoms in total. The second-order valence-electron chi connectivity index (χ2n) is 8.27. The molecule has 0 aromatic heterocycles. The average Bonchev–Trinajstić information content (AvgIpc) is 2.87. The number of carbonyl (C=O) groups excluding carboxylic acids is 1. The van der Waals surface area contributed by atoms with Crippen molar-refractivity contribution in [2.75, 3.05) is 25.1 Å². The maximum atomic E-state index is 13.5. The summed E-state index contributed by atoms with van der Waals surface area (Å²) in [6.45, 7) is 3.56. The van der Waals surface area contributed by atoms with Crippen LogP contribution >= 0.6 is 0 Å². The molecule has 0 fully saturated rings. The zero-order valence-electron chi connectivity index (χ0n) is 20.0. The number of para-hydroxylation sites is 2. The van der Waals surface area contributed by atoms with Gasteiger partial charge in [-0.05, 0) is 55.8 Å². The van der Waals surface area contributed by atoms with Crippen LogP contribution in [0.2, 0.25) is 0 Å². The van der Waals surface area contributed by atoms with Crippen molar-refractivity contribution >= 4 is 21.6 Å². The summed E-state index contributed by atoms with van der Waals surface area (Å²) in [5.41, 5.74) is 2.15. The molecule has 1 N–H and O–H groups in total. The minimum Gasteiger partial charge on any atom is -0.493 e. The smallest absolute Gasteiger partial charge is 0.264 e. The fraction of sp³-hybridized carbons (Fsp3) is 0.269. The van der Waals surface area contributed by atoms with E-state index >= 15 is 0 Å². The summed E-state index contributed by atoms with van der Waals surface area (Å²) in [6, 6.07) is 18.4. The Hall–Kier alpha value is -3.72. The highest BCUT2D eigenvalue weighted by Gasteiger charge is 2.37. The summed E-state index contributed by atoms with van der Waals surface area (Å²) in [5.74, 6) is 1.03. The summed E-state index contributed by atoms with van der Waals surface area (Å²) in [6.07, 6.45) is -1.03. The van der Waals surface area contributed by atoms with E-state index in [0.29, 0.717) is 22.9 Å². The van der Waals surface area contributed by atoms with Crippen LogP contribution in [-0.4, -0.2) is 41.2 Å². The number of sulfonamides is 1. The highest BCUT2D eigenvalue weighted by molar-refractivity contribution is 7.92. The fourth-order valence-corrected chi connectivity index (χ4v) is 5.39. The Balaban J connectivity index is 1.59. The van der Waals surface area contributed by atoms with Crippen molar-refractivity contribution in [2.24, 2.45) is 0 Å². The van der Waals surface area contributed by atoms with Gasteiger partial charge in [-0.15, -0.1) is 0 Å². The minimum absolute atomic E-state index is 0.151. The molecule has 0 radical (unpaired) electrons. The van der Waals surface area contributed by atoms with Gasteiger partial charge in [0.05, 0.1) is 37.4 Å². The molecule has 3 aromatic carbocycles. The molecule has 35 heavy (non-hydrogen) atoms. The van der Waals surface area contributed by atoms with Gasteiger partial charge in [0.2, 0.25) is 0 Å². The first-order chi connectivity index (χ1) is 16.7. The molecule has 0 bridgehead atoms. The Morgan fingerprint density at radius 1 is 1.03 bits per heavy atom. The lowest BCUT2D eigenvalue weighted by Gasteiger charge is -2.35. The van der Waals surface area contributed by atoms with E-state index in [1.165, 1.54) is 4.31 Å². The second kappa shape index (κ2) is 9.87. The van der Waals surface area contributed by atoms with Crippen LogP contribution in [0.3, 0.4) is 0 Å². The number of fused-ring (bicyclic) bond motifs is 1. The van der Waals surface area contributed by atoms with E-state index in [1.54, 1.807) is 74.9 Å². The van der Waals surface area contributed by atoms with E-state index in [1.807, 2.05) is 19.9 Å². The molecule has 1 aliphatic rings. The molecule has 1 aliphatic heterocycles. The van der Waals surface area contributed by atoms with Crippen molar-refractivity contribution in [3.8, 4) is 17.2 Å². The number of benzene rings is 3. The molecule has 3 aromatic rings. The van der Waals surface area contributed by atoms with Gasteiger partial charge in [-0.25, -0.2) is 8.42 Å². The van der Waals surface area contributed by atoms with Crippen molar-refractivity contribution in [2.45, 2.75) is 30.9 Å². The molecule has 9 heteroatoms. The van der Waals surface area contributed by atoms with Gasteiger partial charge in [0.1, 0.15) is 5.75 Å². The van der Waals surface area contributed by atoms with Crippen LogP contribution in [0, 0.1) is 6.92 Å². The molecule has 1 amide bonds. The molecule has 4 rings (SSSR count). The maximum Gasteiger partial charge on any atom is 0.264 e. The van der Waals surface area contributed by atoms with Gasteiger partial charge >= 0.3 is 0 Å². The number of anilines is 1. The number of hydrogen-bond acceptors (Lipinski definition) is 6. The summed E-state index contributed by atoms with van der Waals surface area (Å²) in [7, 11) is -0.817. The van der Waals surface area contributed by atoms with Crippen LogP contribution in [0.25, 0.3) is 0 Å². The predicted molar refractivity (Wildman–Crippen MR) is 133 cm³/mol. The number of hydrogen-bond donors (Lipinski definition) is 1. The number of methoxy groups -OCH3 is 2. The van der Waals surface area contributed by atoms with Gasteiger partial charge in [-0.1, -0.05) is 35.9 Å². The molecule has 0 saturated heterocycles. The molecular formula is C26H28N2O6S. The van der Waals surface area contributed by atoms with Gasteiger partial charge < -0.3 is 19.5 Å². The first-order valence-corrected chi connectivity index (χ1v) is 12.6. The Bertz CT molecular complexity index is 1320. The maximum absolute atomic E-state index is 13.5. The second-order valence-corrected chi connectivity index (χ2v) is 10.1. The normalized spacial score (nSPS) is 16.0. The molecule has 0 spiro atoms. The number of ether oxygens (including phenoxy) is 3. The van der Waals surface area contributed by atoms with Crippen LogP contribution < -0.4 is 23.8 Å². The third-order valence-corrected chi connectivity index (χ3v) is 7.70. The third-order valence-electron chi connectivity index (χ3n) is 5.90. The van der Waals surface area contributed by atoms with Crippen LogP contribution in [0.5, 0.6) is 17.2 Å². The Kier molecular flexibility index (Phi) is 6.88. The Labute approximate surface area is 205 Å². The van der Waals surface area contributed by atoms with Gasteiger partial charge in [0.15, 0.2) is 17.6 Å². The molecule has 184 valence electrons. The van der Waals surface area contributed by atoms with Crippen molar-refractivity contribution in [3.05, 3.63) is 77.9 Å². The Morgan fingerprint density at radius 2 is 1.71 bits per heavy atom. The zero-order valence-corrected chi connectivity index (χ0v) is 20.8. The molecule has 0 saturated carbocycles. The van der Waals surface area contributed by atoms with Crippen molar-refractivity contribution in [1.29, 1.82) is 0 Å². The number of nitrogens with one attached hydrogen (secondary N) is 1. The first kappa shape index (κ1) is 24.4. The SMILES string of the molecule is COc1ccc([C@@H](C)NC(=O)[C@@H]2CN(S(=O)(=O)c3ccc(C)cc3)c3ccccc3O2)cc1OC. The lowest BCUT2D eigenvalue weighted by atomic mass is 10.1. The van der Waals surface area contributed by atoms with Gasteiger partial charge in [-0.2, -0.15) is 0 Å². The lowest BCUT2D eigenvalue weighted by molar-refractivity contribution is -0.128. The molecule has 0 aliphatic carbocycles. The van der Waals surface area contributed by atoms with Crippen LogP contribution in [0.4, 0.5) is 5.69 Å². The average molecular weight is 497 g/mol. The van der Waals surface area contributed by atoms with Crippen LogP contribution in [-0.2, 0) is 14.8 Å². The van der Waals surface area contributed by atoms with E-state index in [9.17, 15) is 13.2 Å².